The molecule has 2 unspecified atom stereocenters. The smallest absolute Gasteiger partial charge is 0.252 e. The number of hydrogen-bond donors (Lipinski definition) is 1. The third-order valence-electron chi connectivity index (χ3n) is 7.75. The fraction of sp³-hybridized carbons (Fsp3) is 0.562. The Morgan fingerprint density at radius 1 is 1.05 bits per heavy atom. The topological polar surface area (TPSA) is 69.2 Å². The molecule has 0 spiro atoms. The van der Waals surface area contributed by atoms with Crippen molar-refractivity contribution in [3.8, 4) is 11.1 Å². The molecule has 2 atom stereocenters. The van der Waals surface area contributed by atoms with Crippen LogP contribution in [0.2, 0.25) is 0 Å². The quantitative estimate of drug-likeness (QED) is 0.271. The van der Waals surface area contributed by atoms with E-state index in [-0.39, 0.29) is 5.91 Å². The molecule has 3 rings (SSSR count). The van der Waals surface area contributed by atoms with Crippen molar-refractivity contribution in [1.82, 2.24) is 5.32 Å². The highest BCUT2D eigenvalue weighted by Gasteiger charge is 2.21. The zero-order valence-corrected chi connectivity index (χ0v) is 24.9. The number of carbonyl (C=O) groups excluding carboxylic acids is 2. The van der Waals surface area contributed by atoms with Gasteiger partial charge in [0.2, 0.25) is 0 Å². The molecule has 1 N–H and O–H groups in total. The molecule has 2 aromatic carbocycles. The molecule has 38 heavy (non-hydrogen) atoms. The largest absolute Gasteiger partial charge is 0.548 e. The summed E-state index contributed by atoms with van der Waals surface area (Å²) in [5, 5.41) is 14.4. The van der Waals surface area contributed by atoms with Crippen molar-refractivity contribution in [2.45, 2.75) is 77.7 Å². The summed E-state index contributed by atoms with van der Waals surface area (Å²) in [6.45, 7) is 4.28. The van der Waals surface area contributed by atoms with Crippen molar-refractivity contribution in [2.75, 3.05) is 23.5 Å². The van der Waals surface area contributed by atoms with E-state index >= 15 is 0 Å². The van der Waals surface area contributed by atoms with Gasteiger partial charge >= 0.3 is 0 Å². The number of aliphatic carboxylic acids is 1. The van der Waals surface area contributed by atoms with Crippen LogP contribution in [0.1, 0.15) is 79.8 Å². The van der Waals surface area contributed by atoms with E-state index in [1.807, 2.05) is 42.3 Å². The number of hydrogen-bond acceptors (Lipinski definition) is 5. The first-order valence-electron chi connectivity index (χ1n) is 14.2. The molecule has 1 saturated carbocycles. The van der Waals surface area contributed by atoms with Crippen LogP contribution in [0.15, 0.2) is 42.5 Å². The highest BCUT2D eigenvalue weighted by atomic mass is 32.2. The van der Waals surface area contributed by atoms with E-state index in [0.29, 0.717) is 23.7 Å². The van der Waals surface area contributed by atoms with Gasteiger partial charge in [-0.15, -0.1) is 0 Å². The van der Waals surface area contributed by atoms with Gasteiger partial charge in [0.1, 0.15) is 0 Å². The van der Waals surface area contributed by atoms with Gasteiger partial charge in [-0.2, -0.15) is 23.5 Å². The third kappa shape index (κ3) is 9.37. The minimum absolute atomic E-state index is 0.338. The van der Waals surface area contributed by atoms with Crippen LogP contribution < -0.4 is 10.4 Å². The fourth-order valence-electron chi connectivity index (χ4n) is 5.54. The number of nitrogens with one attached hydrogen (secondary N) is 1. The first kappa shape index (κ1) is 30.6. The maximum atomic E-state index is 13.4. The summed E-state index contributed by atoms with van der Waals surface area (Å²) < 4.78 is 0. The normalized spacial score (nSPS) is 15.7. The number of aryl methyl sites for hydroxylation is 1. The first-order chi connectivity index (χ1) is 18.4. The predicted molar refractivity (Wildman–Crippen MR) is 162 cm³/mol. The van der Waals surface area contributed by atoms with Crippen LogP contribution in [0, 0.1) is 18.8 Å². The minimum Gasteiger partial charge on any atom is -0.548 e. The van der Waals surface area contributed by atoms with E-state index < -0.39 is 12.0 Å². The van der Waals surface area contributed by atoms with Gasteiger partial charge in [0.25, 0.3) is 5.91 Å². The molecule has 0 heterocycles. The number of carbonyl (C=O) groups is 2. The number of carboxylic acid groups (broad SMARTS) is 1. The van der Waals surface area contributed by atoms with Crippen LogP contribution in [0.4, 0.5) is 0 Å². The molecular weight excluding hydrogens is 510 g/mol. The molecule has 0 aliphatic heterocycles. The Balaban J connectivity index is 1.85. The monoisotopic (exact) mass is 554 g/mol. The van der Waals surface area contributed by atoms with Crippen LogP contribution in [-0.2, 0) is 11.2 Å². The Morgan fingerprint density at radius 2 is 1.82 bits per heavy atom. The van der Waals surface area contributed by atoms with Crippen LogP contribution >= 0.6 is 23.5 Å². The molecule has 1 aliphatic carbocycles. The number of thioether (sulfide) groups is 2. The molecule has 208 valence electrons. The second kappa shape index (κ2) is 16.2. The zero-order valence-electron chi connectivity index (χ0n) is 23.3. The molecule has 4 nitrogen and oxygen atoms in total. The predicted octanol–water partition coefficient (Wildman–Crippen LogP) is 6.54. The standard InChI is InChI=1S/C32H45NO3S2/c1-4-38-22-26(15-14-24-11-6-5-7-12-24)20-25-16-17-28(29(21-25)27-13-9-8-10-23(27)2)31(34)33-30(32(35)36)18-19-37-3/h8-10,13,16-17,21,24,26,30H,4-7,11-12,14-15,18-20,22H2,1-3H3,(H,33,34)(H,35,36)/p-1. The van der Waals surface area contributed by atoms with Gasteiger partial charge in [-0.25, -0.2) is 0 Å². The fourth-order valence-corrected chi connectivity index (χ4v) is 6.87. The number of carboxylic acids is 1. The van der Waals surface area contributed by atoms with Gasteiger partial charge in [-0.1, -0.05) is 81.8 Å². The summed E-state index contributed by atoms with van der Waals surface area (Å²) in [6.07, 6.45) is 12.8. The van der Waals surface area contributed by atoms with Gasteiger partial charge in [0, 0.05) is 5.56 Å². The lowest BCUT2D eigenvalue weighted by Crippen LogP contribution is -2.48. The third-order valence-corrected chi connectivity index (χ3v) is 9.51. The van der Waals surface area contributed by atoms with Gasteiger partial charge in [-0.05, 0) is 89.9 Å². The average Bonchev–Trinajstić information content (AvgIpc) is 2.93. The van der Waals surface area contributed by atoms with Crippen molar-refractivity contribution in [2.24, 2.45) is 11.8 Å². The lowest BCUT2D eigenvalue weighted by molar-refractivity contribution is -0.308. The maximum Gasteiger partial charge on any atom is 0.252 e. The van der Waals surface area contributed by atoms with Crippen molar-refractivity contribution >= 4 is 35.4 Å². The highest BCUT2D eigenvalue weighted by Crippen LogP contribution is 2.32. The summed E-state index contributed by atoms with van der Waals surface area (Å²) in [6, 6.07) is 13.2. The lowest BCUT2D eigenvalue weighted by atomic mass is 9.83. The van der Waals surface area contributed by atoms with Crippen LogP contribution in [0.5, 0.6) is 0 Å². The summed E-state index contributed by atoms with van der Waals surface area (Å²) in [7, 11) is 0. The molecule has 0 radical (unpaired) electrons. The van der Waals surface area contributed by atoms with E-state index in [1.165, 1.54) is 50.5 Å². The first-order valence-corrected chi connectivity index (χ1v) is 16.7. The van der Waals surface area contributed by atoms with E-state index in [2.05, 4.69) is 37.4 Å². The Labute approximate surface area is 238 Å². The molecule has 1 fully saturated rings. The van der Waals surface area contributed by atoms with Gasteiger partial charge in [0.05, 0.1) is 12.0 Å². The van der Waals surface area contributed by atoms with Crippen molar-refractivity contribution < 1.29 is 14.7 Å². The number of rotatable bonds is 15. The van der Waals surface area contributed by atoms with Gasteiger partial charge in [0.15, 0.2) is 0 Å². The molecular formula is C32H44NO3S2-. The zero-order chi connectivity index (χ0) is 27.3. The minimum atomic E-state index is -1.24. The van der Waals surface area contributed by atoms with E-state index in [9.17, 15) is 14.7 Å². The SMILES string of the molecule is CCSCC(CCC1CCCCC1)Cc1ccc(C(=O)NC(CCSC)C(=O)[O-])c(-c2ccccc2C)c1. The Bertz CT molecular complexity index is 1040. The number of benzene rings is 2. The second-order valence-electron chi connectivity index (χ2n) is 10.6. The molecule has 0 bridgehead atoms. The summed E-state index contributed by atoms with van der Waals surface area (Å²) >= 11 is 3.58. The molecule has 2 aromatic rings. The maximum absolute atomic E-state index is 13.4. The van der Waals surface area contributed by atoms with Gasteiger partial charge < -0.3 is 15.2 Å². The lowest BCUT2D eigenvalue weighted by Gasteiger charge is -2.25. The molecule has 6 heteroatoms. The van der Waals surface area contributed by atoms with E-state index in [0.717, 1.165) is 40.5 Å². The summed E-state index contributed by atoms with van der Waals surface area (Å²) in [4.78, 5) is 25.0. The van der Waals surface area contributed by atoms with Crippen LogP contribution in [-0.4, -0.2) is 41.4 Å². The summed E-state index contributed by atoms with van der Waals surface area (Å²) in [5.41, 5.74) is 4.72. The van der Waals surface area contributed by atoms with Crippen molar-refractivity contribution in [3.05, 3.63) is 59.2 Å². The van der Waals surface area contributed by atoms with Crippen molar-refractivity contribution in [1.29, 1.82) is 0 Å². The molecule has 1 aliphatic rings. The Morgan fingerprint density at radius 3 is 2.50 bits per heavy atom. The van der Waals surface area contributed by atoms with E-state index in [1.54, 1.807) is 11.8 Å². The molecule has 0 aromatic heterocycles. The average molecular weight is 555 g/mol. The van der Waals surface area contributed by atoms with E-state index in [4.69, 9.17) is 0 Å². The second-order valence-corrected chi connectivity index (χ2v) is 12.9. The van der Waals surface area contributed by atoms with Crippen LogP contribution in [0.25, 0.3) is 11.1 Å². The van der Waals surface area contributed by atoms with Gasteiger partial charge in [-0.3, -0.25) is 4.79 Å². The summed E-state index contributed by atoms with van der Waals surface area (Å²) in [5.74, 6) is 2.82. The number of amides is 1. The Kier molecular flexibility index (Phi) is 13.1. The highest BCUT2D eigenvalue weighted by molar-refractivity contribution is 7.99. The van der Waals surface area contributed by atoms with Crippen LogP contribution in [0.3, 0.4) is 0 Å². The molecule has 1 amide bonds. The van der Waals surface area contributed by atoms with Crippen molar-refractivity contribution in [3.63, 3.8) is 0 Å². The Hall–Kier alpha value is -1.92. The molecule has 0 saturated heterocycles.